The van der Waals surface area contributed by atoms with Gasteiger partial charge in [-0.2, -0.15) is 0 Å². The minimum absolute atomic E-state index is 0.797. The van der Waals surface area contributed by atoms with Crippen LogP contribution in [0.2, 0.25) is 0 Å². The fourth-order valence-corrected chi connectivity index (χ4v) is 11.0. The van der Waals surface area contributed by atoms with Gasteiger partial charge in [0, 0.05) is 7.26 Å². The van der Waals surface area contributed by atoms with Crippen LogP contribution in [-0.4, -0.2) is 23.1 Å². The summed E-state index contributed by atoms with van der Waals surface area (Å²) in [7, 11) is -0.797. The molecule has 0 unspecified atom stereocenters. The molecule has 0 fully saturated rings. The van der Waals surface area contributed by atoms with Gasteiger partial charge in [-0.05, 0) is 54.4 Å². The van der Waals surface area contributed by atoms with Crippen LogP contribution in [0.4, 0.5) is 0 Å². The van der Waals surface area contributed by atoms with Crippen molar-refractivity contribution in [1.82, 2.24) is 0 Å². The molecule has 0 radical (unpaired) electrons. The van der Waals surface area contributed by atoms with Gasteiger partial charge >= 0.3 is 0 Å². The molecule has 0 atom stereocenters. The van der Waals surface area contributed by atoms with Crippen LogP contribution >= 0.6 is 7.26 Å². The highest BCUT2D eigenvalue weighted by Gasteiger charge is 2.46. The maximum Gasteiger partial charge on any atom is 0.0646 e. The van der Waals surface area contributed by atoms with Gasteiger partial charge in [-0.1, -0.05) is 84.0 Å². The molecule has 0 saturated heterocycles. The lowest BCUT2D eigenvalue weighted by atomic mass is 10.0. The zero-order valence-corrected chi connectivity index (χ0v) is 20.7. The molecule has 0 aliphatic rings. The SMILES string of the molecule is CCCCCCCCCCCCCCCC[P+](C(C)C)(C(C)C)C(C)C. The van der Waals surface area contributed by atoms with Gasteiger partial charge in [0.05, 0.1) is 23.1 Å². The average Bonchev–Trinajstić information content (AvgIpc) is 2.57. The van der Waals surface area contributed by atoms with Crippen molar-refractivity contribution in [1.29, 1.82) is 0 Å². The summed E-state index contributed by atoms with van der Waals surface area (Å²) in [6, 6.07) is 0. The summed E-state index contributed by atoms with van der Waals surface area (Å²) < 4.78 is 0. The Morgan fingerprint density at radius 1 is 0.423 bits per heavy atom. The monoisotopic (exact) mass is 385 g/mol. The minimum Gasteiger partial charge on any atom is -0.0654 e. The standard InChI is InChI=1S/C25H54P/c1-8-9-10-11-12-13-14-15-16-17-18-19-20-21-22-26(23(2)3,24(4)5)25(6)7/h23-25H,8-22H2,1-7H3/q+1. The normalized spacial score (nSPS) is 12.7. The maximum absolute atomic E-state index is 2.50. The second-order valence-electron chi connectivity index (χ2n) is 9.60. The molecule has 0 rings (SSSR count). The van der Waals surface area contributed by atoms with E-state index in [4.69, 9.17) is 0 Å². The first kappa shape index (κ1) is 26.4. The van der Waals surface area contributed by atoms with E-state index in [1.54, 1.807) is 0 Å². The lowest BCUT2D eigenvalue weighted by molar-refractivity contribution is 0.538. The molecule has 0 bridgehead atoms. The lowest BCUT2D eigenvalue weighted by Crippen LogP contribution is -2.26. The molecule has 0 spiro atoms. The number of rotatable bonds is 18. The highest BCUT2D eigenvalue weighted by molar-refractivity contribution is 7.77. The van der Waals surface area contributed by atoms with Crippen LogP contribution in [-0.2, 0) is 0 Å². The summed E-state index contributed by atoms with van der Waals surface area (Å²) in [5, 5.41) is 0. The third-order valence-electron chi connectivity index (χ3n) is 6.78. The van der Waals surface area contributed by atoms with Gasteiger partial charge in [-0.25, -0.2) is 0 Å². The second-order valence-corrected chi connectivity index (χ2v) is 15.1. The lowest BCUT2D eigenvalue weighted by Gasteiger charge is -2.38. The Morgan fingerprint density at radius 3 is 0.962 bits per heavy atom. The molecule has 0 aromatic carbocycles. The van der Waals surface area contributed by atoms with Crippen LogP contribution < -0.4 is 0 Å². The van der Waals surface area contributed by atoms with Crippen LogP contribution in [0.15, 0.2) is 0 Å². The molecule has 0 aliphatic carbocycles. The zero-order chi connectivity index (χ0) is 19.8. The molecule has 0 N–H and O–H groups in total. The van der Waals surface area contributed by atoms with Crippen LogP contribution in [0.25, 0.3) is 0 Å². The predicted octanol–water partition coefficient (Wildman–Crippen LogP) is 9.71. The van der Waals surface area contributed by atoms with Gasteiger partial charge in [-0.15, -0.1) is 0 Å². The molecular weight excluding hydrogens is 331 g/mol. The van der Waals surface area contributed by atoms with E-state index >= 15 is 0 Å². The largest absolute Gasteiger partial charge is 0.0654 e. The Kier molecular flexibility index (Phi) is 16.7. The summed E-state index contributed by atoms with van der Waals surface area (Å²) >= 11 is 0. The predicted molar refractivity (Wildman–Crippen MR) is 128 cm³/mol. The van der Waals surface area contributed by atoms with E-state index in [0.717, 1.165) is 17.0 Å². The Bertz CT molecular complexity index is 271. The molecule has 0 saturated carbocycles. The first-order valence-corrected chi connectivity index (χ1v) is 14.4. The fourth-order valence-electron chi connectivity index (χ4n) is 5.14. The first-order valence-electron chi connectivity index (χ1n) is 12.3. The van der Waals surface area contributed by atoms with Crippen molar-refractivity contribution >= 4 is 7.26 Å². The van der Waals surface area contributed by atoms with Gasteiger partial charge in [-0.3, -0.25) is 0 Å². The highest BCUT2D eigenvalue weighted by atomic mass is 31.2. The summed E-state index contributed by atoms with van der Waals surface area (Å²) in [6.07, 6.45) is 22.1. The maximum atomic E-state index is 2.50. The van der Waals surface area contributed by atoms with Gasteiger partial charge in [0.25, 0.3) is 0 Å². The van der Waals surface area contributed by atoms with E-state index in [0.29, 0.717) is 0 Å². The smallest absolute Gasteiger partial charge is 0.0646 e. The van der Waals surface area contributed by atoms with Crippen molar-refractivity contribution in [2.75, 3.05) is 6.16 Å². The molecule has 1 heteroatoms. The molecular formula is C25H54P+. The van der Waals surface area contributed by atoms with Crippen molar-refractivity contribution in [2.24, 2.45) is 0 Å². The zero-order valence-electron chi connectivity index (χ0n) is 19.8. The van der Waals surface area contributed by atoms with Crippen LogP contribution in [0.1, 0.15) is 138 Å². The van der Waals surface area contributed by atoms with Crippen molar-refractivity contribution < 1.29 is 0 Å². The molecule has 0 aromatic rings. The highest BCUT2D eigenvalue weighted by Crippen LogP contribution is 2.70. The minimum atomic E-state index is -0.797. The van der Waals surface area contributed by atoms with E-state index < -0.39 is 7.26 Å². The average molecular weight is 386 g/mol. The van der Waals surface area contributed by atoms with Crippen LogP contribution in [0.5, 0.6) is 0 Å². The summed E-state index contributed by atoms with van der Waals surface area (Å²) in [5.41, 5.74) is 2.72. The Labute approximate surface area is 169 Å². The summed E-state index contributed by atoms with van der Waals surface area (Å²) in [4.78, 5) is 0. The van der Waals surface area contributed by atoms with Gasteiger partial charge in [0.15, 0.2) is 0 Å². The van der Waals surface area contributed by atoms with Gasteiger partial charge < -0.3 is 0 Å². The van der Waals surface area contributed by atoms with Gasteiger partial charge in [0.2, 0.25) is 0 Å². The molecule has 26 heavy (non-hydrogen) atoms. The fraction of sp³-hybridized carbons (Fsp3) is 1.00. The van der Waals surface area contributed by atoms with Crippen molar-refractivity contribution in [3.8, 4) is 0 Å². The van der Waals surface area contributed by atoms with Gasteiger partial charge in [0.1, 0.15) is 0 Å². The van der Waals surface area contributed by atoms with E-state index in [9.17, 15) is 0 Å². The molecule has 0 aromatic heterocycles. The molecule has 0 heterocycles. The quantitative estimate of drug-likeness (QED) is 0.163. The Hall–Kier alpha value is 0.430. The molecule has 158 valence electrons. The second kappa shape index (κ2) is 16.4. The summed E-state index contributed by atoms with van der Waals surface area (Å²) in [5.74, 6) is 0. The van der Waals surface area contributed by atoms with E-state index in [2.05, 4.69) is 48.5 Å². The topological polar surface area (TPSA) is 0 Å². The Morgan fingerprint density at radius 2 is 0.692 bits per heavy atom. The molecule has 0 aliphatic heterocycles. The number of hydrogen-bond donors (Lipinski definition) is 0. The van der Waals surface area contributed by atoms with E-state index in [1.807, 2.05) is 0 Å². The number of hydrogen-bond acceptors (Lipinski definition) is 0. The molecule has 0 amide bonds. The van der Waals surface area contributed by atoms with Crippen LogP contribution in [0, 0.1) is 0 Å². The third-order valence-corrected chi connectivity index (χ3v) is 13.6. The van der Waals surface area contributed by atoms with Crippen LogP contribution in [0.3, 0.4) is 0 Å². The number of unbranched alkanes of at least 4 members (excludes halogenated alkanes) is 13. The first-order chi connectivity index (χ1) is 12.4. The van der Waals surface area contributed by atoms with Crippen molar-refractivity contribution in [3.05, 3.63) is 0 Å². The van der Waals surface area contributed by atoms with E-state index in [-0.39, 0.29) is 0 Å². The Balaban J connectivity index is 3.63. The summed E-state index contributed by atoms with van der Waals surface area (Å²) in [6.45, 7) is 17.3. The van der Waals surface area contributed by atoms with E-state index in [1.165, 1.54) is 96.1 Å². The van der Waals surface area contributed by atoms with Crippen molar-refractivity contribution in [2.45, 2.75) is 155 Å². The molecule has 0 nitrogen and oxygen atoms in total. The third kappa shape index (κ3) is 10.7. The van der Waals surface area contributed by atoms with Crippen molar-refractivity contribution in [3.63, 3.8) is 0 Å².